The molecule has 2 heterocycles. The van der Waals surface area contributed by atoms with Gasteiger partial charge in [0, 0.05) is 30.9 Å². The normalized spacial score (nSPS) is 33.6. The molecular formula is C18H29NO5. The smallest absolute Gasteiger partial charge is 0.333 e. The number of piperidine rings is 1. The number of hydrogen-bond donors (Lipinski definition) is 1. The van der Waals surface area contributed by atoms with Gasteiger partial charge >= 0.3 is 11.9 Å². The minimum atomic E-state index is -0.748. The van der Waals surface area contributed by atoms with E-state index in [1.165, 1.54) is 0 Å². The van der Waals surface area contributed by atoms with Gasteiger partial charge in [-0.05, 0) is 26.8 Å². The highest BCUT2D eigenvalue weighted by atomic mass is 16.6. The fourth-order valence-corrected chi connectivity index (χ4v) is 3.55. The van der Waals surface area contributed by atoms with Gasteiger partial charge in [-0.1, -0.05) is 19.9 Å². The highest BCUT2D eigenvalue weighted by molar-refractivity contribution is 5.87. The van der Waals surface area contributed by atoms with Crippen molar-refractivity contribution in [3.05, 3.63) is 11.6 Å². The number of nitrogens with zero attached hydrogens (tertiary/aromatic N) is 1. The molecule has 2 fully saturated rings. The third kappa shape index (κ3) is 3.98. The van der Waals surface area contributed by atoms with Gasteiger partial charge in [0.05, 0.1) is 6.04 Å². The van der Waals surface area contributed by atoms with Crippen LogP contribution in [0.25, 0.3) is 0 Å². The lowest BCUT2D eigenvalue weighted by Gasteiger charge is -2.36. The predicted octanol–water partition coefficient (Wildman–Crippen LogP) is 1.66. The lowest BCUT2D eigenvalue weighted by molar-refractivity contribution is -0.156. The molecule has 2 bridgehead atoms. The molecule has 2 saturated heterocycles. The summed E-state index contributed by atoms with van der Waals surface area (Å²) < 4.78 is 11.1. The predicted molar refractivity (Wildman–Crippen MR) is 89.2 cm³/mol. The van der Waals surface area contributed by atoms with E-state index < -0.39 is 12.2 Å². The third-order valence-corrected chi connectivity index (χ3v) is 5.04. The Labute approximate surface area is 143 Å². The fourth-order valence-electron chi connectivity index (χ4n) is 3.55. The molecule has 136 valence electrons. The van der Waals surface area contributed by atoms with Crippen molar-refractivity contribution in [1.29, 1.82) is 0 Å². The number of likely N-dealkylation sites (N-methyl/N-ethyl adjacent to an activating group) is 1. The van der Waals surface area contributed by atoms with Gasteiger partial charge in [-0.2, -0.15) is 0 Å². The van der Waals surface area contributed by atoms with E-state index in [1.54, 1.807) is 19.9 Å². The molecule has 0 aromatic carbocycles. The van der Waals surface area contributed by atoms with E-state index in [9.17, 15) is 14.7 Å². The van der Waals surface area contributed by atoms with Crippen LogP contribution in [-0.2, 0) is 19.1 Å². The van der Waals surface area contributed by atoms with E-state index in [4.69, 9.17) is 9.47 Å². The molecule has 2 aliphatic rings. The summed E-state index contributed by atoms with van der Waals surface area (Å²) in [6, 6.07) is -0.289. The average Bonchev–Trinajstić information content (AvgIpc) is 2.64. The molecule has 6 nitrogen and oxygen atoms in total. The summed E-state index contributed by atoms with van der Waals surface area (Å²) in [5.41, 5.74) is 0.571. The quantitative estimate of drug-likeness (QED) is 0.606. The molecule has 1 N–H and O–H groups in total. The molecule has 0 amide bonds. The largest absolute Gasteiger partial charge is 0.459 e. The lowest BCUT2D eigenvalue weighted by Crippen LogP contribution is -2.46. The zero-order valence-electron chi connectivity index (χ0n) is 15.2. The van der Waals surface area contributed by atoms with Crippen LogP contribution < -0.4 is 0 Å². The van der Waals surface area contributed by atoms with Gasteiger partial charge in [-0.25, -0.2) is 4.79 Å². The minimum Gasteiger partial charge on any atom is -0.459 e. The van der Waals surface area contributed by atoms with Crippen LogP contribution in [0.3, 0.4) is 0 Å². The molecule has 0 aliphatic carbocycles. The number of allylic oxidation sites excluding steroid dienone is 1. The number of carbonyl (C=O) groups excluding carboxylic acids is 2. The number of hydrogen-bond acceptors (Lipinski definition) is 6. The molecule has 5 atom stereocenters. The van der Waals surface area contributed by atoms with E-state index in [-0.39, 0.29) is 36.0 Å². The molecule has 24 heavy (non-hydrogen) atoms. The second-order valence-electron chi connectivity index (χ2n) is 7.31. The van der Waals surface area contributed by atoms with Crippen LogP contribution in [0.5, 0.6) is 0 Å². The highest BCUT2D eigenvalue weighted by Gasteiger charge is 2.53. The van der Waals surface area contributed by atoms with Crippen LogP contribution >= 0.6 is 0 Å². The number of esters is 2. The first-order valence-corrected chi connectivity index (χ1v) is 8.68. The Morgan fingerprint density at radius 1 is 1.25 bits per heavy atom. The van der Waals surface area contributed by atoms with E-state index in [0.29, 0.717) is 24.8 Å². The number of carbonyl (C=O) groups is 2. The van der Waals surface area contributed by atoms with Gasteiger partial charge in [0.1, 0.15) is 18.3 Å². The molecule has 6 heteroatoms. The van der Waals surface area contributed by atoms with Crippen molar-refractivity contribution < 1.29 is 24.2 Å². The molecule has 0 aromatic rings. The molecule has 2 aliphatic heterocycles. The Kier molecular flexibility index (Phi) is 6.04. The van der Waals surface area contributed by atoms with Gasteiger partial charge in [0.25, 0.3) is 0 Å². The van der Waals surface area contributed by atoms with Crippen LogP contribution in [0, 0.1) is 5.92 Å². The van der Waals surface area contributed by atoms with Crippen molar-refractivity contribution in [2.75, 3.05) is 7.05 Å². The second-order valence-corrected chi connectivity index (χ2v) is 7.31. The van der Waals surface area contributed by atoms with Gasteiger partial charge < -0.3 is 14.6 Å². The maximum absolute atomic E-state index is 12.0. The Morgan fingerprint density at radius 2 is 1.88 bits per heavy atom. The van der Waals surface area contributed by atoms with E-state index >= 15 is 0 Å². The molecule has 0 spiro atoms. The summed E-state index contributed by atoms with van der Waals surface area (Å²) in [7, 11) is 1.92. The first-order chi connectivity index (χ1) is 11.2. The summed E-state index contributed by atoms with van der Waals surface area (Å²) in [5, 5.41) is 10.5. The second kappa shape index (κ2) is 7.66. The number of aliphatic hydroxyl groups excluding tert-OH is 1. The van der Waals surface area contributed by atoms with Crippen molar-refractivity contribution in [1.82, 2.24) is 4.90 Å². The van der Waals surface area contributed by atoms with Crippen molar-refractivity contribution >= 4 is 11.9 Å². The van der Waals surface area contributed by atoms with Crippen LogP contribution in [0.15, 0.2) is 11.6 Å². The number of ether oxygens (including phenoxy) is 2. The molecule has 2 rings (SSSR count). The SMILES string of the molecule is C/C=C(\C)C(=O)O[C@@H]1C[C@@H]2[C@@H](OC(=O)CC(C)C)[C@@H](O)[C@H](C1)N2C. The van der Waals surface area contributed by atoms with Crippen molar-refractivity contribution in [2.45, 2.75) is 77.4 Å². The summed E-state index contributed by atoms with van der Waals surface area (Å²) in [6.07, 6.45) is 1.60. The lowest BCUT2D eigenvalue weighted by atomic mass is 10.00. The number of aliphatic hydroxyl groups is 1. The van der Waals surface area contributed by atoms with E-state index in [1.807, 2.05) is 25.8 Å². The fraction of sp³-hybridized carbons (Fsp3) is 0.778. The summed E-state index contributed by atoms with van der Waals surface area (Å²) >= 11 is 0. The van der Waals surface area contributed by atoms with Crippen LogP contribution in [0.4, 0.5) is 0 Å². The zero-order chi connectivity index (χ0) is 18.0. The van der Waals surface area contributed by atoms with Crippen LogP contribution in [-0.4, -0.2) is 59.4 Å². The minimum absolute atomic E-state index is 0.126. The first kappa shape index (κ1) is 18.9. The monoisotopic (exact) mass is 339 g/mol. The van der Waals surface area contributed by atoms with Gasteiger partial charge in [0.2, 0.25) is 0 Å². The van der Waals surface area contributed by atoms with Crippen molar-refractivity contribution in [3.8, 4) is 0 Å². The Hall–Kier alpha value is -1.40. The summed E-state index contributed by atoms with van der Waals surface area (Å²) in [5.74, 6) is -0.395. The van der Waals surface area contributed by atoms with Gasteiger partial charge in [-0.3, -0.25) is 9.69 Å². The molecular weight excluding hydrogens is 310 g/mol. The third-order valence-electron chi connectivity index (χ3n) is 5.04. The molecule has 0 radical (unpaired) electrons. The maximum atomic E-state index is 12.0. The molecule has 0 aromatic heterocycles. The first-order valence-electron chi connectivity index (χ1n) is 8.68. The Balaban J connectivity index is 2.03. The number of fused-ring (bicyclic) bond motifs is 2. The van der Waals surface area contributed by atoms with Gasteiger partial charge in [-0.15, -0.1) is 0 Å². The molecule has 0 saturated carbocycles. The average molecular weight is 339 g/mol. The van der Waals surface area contributed by atoms with Crippen molar-refractivity contribution in [2.24, 2.45) is 5.92 Å². The van der Waals surface area contributed by atoms with Crippen molar-refractivity contribution in [3.63, 3.8) is 0 Å². The van der Waals surface area contributed by atoms with E-state index in [0.717, 1.165) is 0 Å². The Morgan fingerprint density at radius 3 is 2.46 bits per heavy atom. The summed E-state index contributed by atoms with van der Waals surface area (Å²) in [4.78, 5) is 26.0. The number of rotatable bonds is 5. The molecule has 0 unspecified atom stereocenters. The zero-order valence-corrected chi connectivity index (χ0v) is 15.2. The van der Waals surface area contributed by atoms with Crippen LogP contribution in [0.1, 0.15) is 47.0 Å². The summed E-state index contributed by atoms with van der Waals surface area (Å²) in [6.45, 7) is 7.42. The van der Waals surface area contributed by atoms with E-state index in [2.05, 4.69) is 0 Å². The van der Waals surface area contributed by atoms with Gasteiger partial charge in [0.15, 0.2) is 0 Å². The standard InChI is InChI=1S/C18H29NO5/c1-6-11(4)18(22)23-12-8-13-16(21)17(14(9-12)19(13)5)24-15(20)7-10(2)3/h6,10,12-14,16-17,21H,7-9H2,1-5H3/b11-6+/t12-,13-,14+,16-,17+/m0/s1. The Bertz CT molecular complexity index is 516. The van der Waals surface area contributed by atoms with Crippen LogP contribution in [0.2, 0.25) is 0 Å². The maximum Gasteiger partial charge on any atom is 0.333 e. The topological polar surface area (TPSA) is 76.1 Å². The highest BCUT2D eigenvalue weighted by Crippen LogP contribution is 2.38.